The molecule has 1 aliphatic rings. The molecule has 0 unspecified atom stereocenters. The van der Waals surface area contributed by atoms with Crippen LogP contribution in [0.3, 0.4) is 0 Å². The predicted molar refractivity (Wildman–Crippen MR) is 103 cm³/mol. The van der Waals surface area contributed by atoms with Crippen molar-refractivity contribution in [1.82, 2.24) is 10.3 Å². The molecule has 0 spiro atoms. The van der Waals surface area contributed by atoms with Gasteiger partial charge in [0.1, 0.15) is 0 Å². The molecule has 0 bridgehead atoms. The zero-order valence-corrected chi connectivity index (χ0v) is 15.9. The number of hydrogen-bond acceptors (Lipinski definition) is 5. The fraction of sp³-hybridized carbons (Fsp3) is 0.400. The molecular formula is C20H24N2O3S. The molecule has 1 aliphatic heterocycles. The fourth-order valence-electron chi connectivity index (χ4n) is 2.80. The molecular weight excluding hydrogens is 348 g/mol. The molecule has 0 radical (unpaired) electrons. The number of carbonyl (C=O) groups excluding carboxylic acids is 1. The smallest absolute Gasteiger partial charge is 0.230 e. The molecule has 3 rings (SSSR count). The molecule has 5 nitrogen and oxygen atoms in total. The van der Waals surface area contributed by atoms with E-state index >= 15 is 0 Å². The van der Waals surface area contributed by atoms with Crippen LogP contribution in [0.15, 0.2) is 47.6 Å². The highest BCUT2D eigenvalue weighted by molar-refractivity contribution is 7.99. The van der Waals surface area contributed by atoms with Crippen LogP contribution < -0.4 is 14.8 Å². The van der Waals surface area contributed by atoms with E-state index in [0.29, 0.717) is 19.0 Å². The van der Waals surface area contributed by atoms with E-state index < -0.39 is 0 Å². The normalized spacial score (nSPS) is 14.6. The molecule has 1 atom stereocenters. The average Bonchev–Trinajstić information content (AvgIpc) is 2.90. The second-order valence-electron chi connectivity index (χ2n) is 6.50. The van der Waals surface area contributed by atoms with Crippen molar-refractivity contribution >= 4 is 17.7 Å². The first-order valence-electron chi connectivity index (χ1n) is 8.86. The summed E-state index contributed by atoms with van der Waals surface area (Å²) in [6.07, 6.45) is 2.61. The van der Waals surface area contributed by atoms with Crippen LogP contribution in [0.2, 0.25) is 0 Å². The summed E-state index contributed by atoms with van der Waals surface area (Å²) in [4.78, 5) is 16.7. The first-order chi connectivity index (χ1) is 12.6. The molecule has 1 aromatic carbocycles. The van der Waals surface area contributed by atoms with E-state index in [4.69, 9.17) is 9.47 Å². The van der Waals surface area contributed by atoms with Crippen LogP contribution in [0.5, 0.6) is 11.5 Å². The molecule has 0 saturated heterocycles. The van der Waals surface area contributed by atoms with E-state index in [1.165, 1.54) is 11.8 Å². The lowest BCUT2D eigenvalue weighted by molar-refractivity contribution is -0.119. The van der Waals surface area contributed by atoms with E-state index in [0.717, 1.165) is 28.5 Å². The van der Waals surface area contributed by atoms with Crippen molar-refractivity contribution in [3.63, 3.8) is 0 Å². The number of ether oxygens (including phenoxy) is 2. The molecule has 1 aromatic heterocycles. The number of rotatable bonds is 6. The number of nitrogens with zero attached hydrogens (tertiary/aromatic N) is 1. The Bertz CT molecular complexity index is 737. The van der Waals surface area contributed by atoms with Crippen molar-refractivity contribution in [3.05, 3.63) is 48.2 Å². The fourth-order valence-corrected chi connectivity index (χ4v) is 3.47. The molecule has 2 aromatic rings. The lowest BCUT2D eigenvalue weighted by atomic mass is 9.95. The second-order valence-corrected chi connectivity index (χ2v) is 7.50. The average molecular weight is 372 g/mol. The Balaban J connectivity index is 1.67. The molecule has 0 fully saturated rings. The van der Waals surface area contributed by atoms with Gasteiger partial charge >= 0.3 is 0 Å². The van der Waals surface area contributed by atoms with Gasteiger partial charge in [0.25, 0.3) is 0 Å². The Morgan fingerprint density at radius 1 is 1.19 bits per heavy atom. The third-order valence-electron chi connectivity index (χ3n) is 4.10. The Hall–Kier alpha value is -2.21. The lowest BCUT2D eigenvalue weighted by Gasteiger charge is -2.24. The van der Waals surface area contributed by atoms with Gasteiger partial charge in [0, 0.05) is 12.6 Å². The zero-order valence-electron chi connectivity index (χ0n) is 15.1. The van der Waals surface area contributed by atoms with Gasteiger partial charge in [-0.05, 0) is 35.7 Å². The summed E-state index contributed by atoms with van der Waals surface area (Å²) < 4.78 is 11.5. The summed E-state index contributed by atoms with van der Waals surface area (Å²) in [6.45, 7) is 5.51. The number of nitrogens with one attached hydrogen (secondary N) is 1. The molecule has 0 saturated carbocycles. The maximum atomic E-state index is 12.4. The number of hydrogen-bond donors (Lipinski definition) is 1. The zero-order chi connectivity index (χ0) is 18.4. The summed E-state index contributed by atoms with van der Waals surface area (Å²) in [5.41, 5.74) is 1.03. The van der Waals surface area contributed by atoms with Gasteiger partial charge < -0.3 is 14.8 Å². The second kappa shape index (κ2) is 8.94. The van der Waals surface area contributed by atoms with Gasteiger partial charge in [-0.25, -0.2) is 4.98 Å². The summed E-state index contributed by atoms with van der Waals surface area (Å²) in [5, 5.41) is 3.99. The van der Waals surface area contributed by atoms with Crippen molar-refractivity contribution in [2.24, 2.45) is 5.92 Å². The van der Waals surface area contributed by atoms with Crippen LogP contribution in [-0.2, 0) is 4.79 Å². The minimum Gasteiger partial charge on any atom is -0.490 e. The van der Waals surface area contributed by atoms with Crippen LogP contribution in [0.4, 0.5) is 0 Å². The van der Waals surface area contributed by atoms with Crippen LogP contribution in [-0.4, -0.2) is 29.9 Å². The number of benzene rings is 1. The SMILES string of the molecule is CC(C)[C@@H](NC(=O)CSc1ccccn1)c1ccc2c(c1)OCCCO2. The molecule has 6 heteroatoms. The molecule has 1 N–H and O–H groups in total. The number of fused-ring (bicyclic) bond motifs is 1. The molecule has 26 heavy (non-hydrogen) atoms. The molecule has 2 heterocycles. The van der Waals surface area contributed by atoms with Gasteiger partial charge in [0.05, 0.1) is 30.0 Å². The summed E-state index contributed by atoms with van der Waals surface area (Å²) in [7, 11) is 0. The number of carbonyl (C=O) groups is 1. The van der Waals surface area contributed by atoms with Gasteiger partial charge in [-0.2, -0.15) is 0 Å². The largest absolute Gasteiger partial charge is 0.490 e. The Morgan fingerprint density at radius 2 is 2.00 bits per heavy atom. The Labute approximate surface area is 158 Å². The summed E-state index contributed by atoms with van der Waals surface area (Å²) >= 11 is 1.44. The van der Waals surface area contributed by atoms with Crippen molar-refractivity contribution < 1.29 is 14.3 Å². The van der Waals surface area contributed by atoms with E-state index in [9.17, 15) is 4.79 Å². The molecule has 0 aliphatic carbocycles. The first kappa shape index (κ1) is 18.6. The highest BCUT2D eigenvalue weighted by Gasteiger charge is 2.21. The molecule has 1 amide bonds. The van der Waals surface area contributed by atoms with Gasteiger partial charge in [-0.15, -0.1) is 0 Å². The number of amides is 1. The van der Waals surface area contributed by atoms with Crippen molar-refractivity contribution in [2.75, 3.05) is 19.0 Å². The number of thioether (sulfide) groups is 1. The quantitative estimate of drug-likeness (QED) is 0.781. The summed E-state index contributed by atoms with van der Waals surface area (Å²) in [5.74, 6) is 2.11. The minimum absolute atomic E-state index is 0.00790. The van der Waals surface area contributed by atoms with E-state index in [-0.39, 0.29) is 17.9 Å². The van der Waals surface area contributed by atoms with Crippen molar-refractivity contribution in [3.8, 4) is 11.5 Å². The monoisotopic (exact) mass is 372 g/mol. The van der Waals surface area contributed by atoms with Crippen LogP contribution in [0, 0.1) is 5.92 Å². The third-order valence-corrected chi connectivity index (χ3v) is 5.05. The number of aromatic nitrogens is 1. The maximum absolute atomic E-state index is 12.4. The van der Waals surface area contributed by atoms with E-state index in [1.807, 2.05) is 36.4 Å². The van der Waals surface area contributed by atoms with Crippen LogP contribution in [0.1, 0.15) is 31.9 Å². The van der Waals surface area contributed by atoms with Crippen LogP contribution >= 0.6 is 11.8 Å². The van der Waals surface area contributed by atoms with Gasteiger partial charge in [0.15, 0.2) is 11.5 Å². The van der Waals surface area contributed by atoms with E-state index in [2.05, 4.69) is 24.1 Å². The van der Waals surface area contributed by atoms with Crippen molar-refractivity contribution in [2.45, 2.75) is 31.3 Å². The highest BCUT2D eigenvalue weighted by Crippen LogP contribution is 2.34. The van der Waals surface area contributed by atoms with Crippen molar-refractivity contribution in [1.29, 1.82) is 0 Å². The summed E-state index contributed by atoms with van der Waals surface area (Å²) in [6, 6.07) is 11.5. The van der Waals surface area contributed by atoms with Gasteiger partial charge in [-0.3, -0.25) is 4.79 Å². The van der Waals surface area contributed by atoms with Crippen LogP contribution in [0.25, 0.3) is 0 Å². The Morgan fingerprint density at radius 3 is 2.73 bits per heavy atom. The topological polar surface area (TPSA) is 60.5 Å². The molecule has 138 valence electrons. The standard InChI is InChI=1S/C20H24N2O3S/c1-14(2)20(22-18(23)13-26-19-6-3-4-9-21-19)15-7-8-16-17(12-15)25-11-5-10-24-16/h3-4,6-9,12,14,20H,5,10-11,13H2,1-2H3,(H,22,23)/t20-/m1/s1. The third kappa shape index (κ3) is 4.91. The maximum Gasteiger partial charge on any atom is 0.230 e. The number of pyridine rings is 1. The lowest BCUT2D eigenvalue weighted by Crippen LogP contribution is -2.33. The minimum atomic E-state index is -0.0796. The predicted octanol–water partition coefficient (Wildman–Crippen LogP) is 3.85. The van der Waals surface area contributed by atoms with Gasteiger partial charge in [-0.1, -0.05) is 37.7 Å². The first-order valence-corrected chi connectivity index (χ1v) is 9.85. The van der Waals surface area contributed by atoms with E-state index in [1.54, 1.807) is 6.20 Å². The Kier molecular flexibility index (Phi) is 6.39. The van der Waals surface area contributed by atoms with Gasteiger partial charge in [0.2, 0.25) is 5.91 Å². The highest BCUT2D eigenvalue weighted by atomic mass is 32.2.